The van der Waals surface area contributed by atoms with E-state index in [1.165, 1.54) is 24.3 Å². The smallest absolute Gasteiger partial charge is 0.253 e. The second kappa shape index (κ2) is 5.81. The van der Waals surface area contributed by atoms with Crippen molar-refractivity contribution >= 4 is 35.2 Å². The van der Waals surface area contributed by atoms with Crippen LogP contribution in [0.1, 0.15) is 11.1 Å². The van der Waals surface area contributed by atoms with E-state index in [-0.39, 0.29) is 13.1 Å². The Morgan fingerprint density at radius 1 is 0.739 bits per heavy atom. The predicted molar refractivity (Wildman–Crippen MR) is 80.8 cm³/mol. The van der Waals surface area contributed by atoms with Gasteiger partial charge in [0.05, 0.1) is 13.1 Å². The molecule has 0 aliphatic carbocycles. The SMILES string of the molecule is O=C1C=CC(=O)N1Cc1cccc(Cl)c1CN1C(=O)C=CC1=O. The molecule has 0 radical (unpaired) electrons. The number of benzene rings is 1. The summed E-state index contributed by atoms with van der Waals surface area (Å²) in [5.41, 5.74) is 1.14. The largest absolute Gasteiger partial charge is 0.271 e. The molecule has 23 heavy (non-hydrogen) atoms. The van der Waals surface area contributed by atoms with Gasteiger partial charge in [-0.2, -0.15) is 0 Å². The van der Waals surface area contributed by atoms with Crippen LogP contribution in [-0.2, 0) is 32.3 Å². The van der Waals surface area contributed by atoms with Crippen molar-refractivity contribution in [2.24, 2.45) is 0 Å². The maximum absolute atomic E-state index is 11.7. The summed E-state index contributed by atoms with van der Waals surface area (Å²) in [7, 11) is 0. The topological polar surface area (TPSA) is 74.8 Å². The van der Waals surface area contributed by atoms with Gasteiger partial charge in [0.1, 0.15) is 0 Å². The Kier molecular flexibility index (Phi) is 3.83. The van der Waals surface area contributed by atoms with Crippen LogP contribution in [0.15, 0.2) is 42.5 Å². The van der Waals surface area contributed by atoms with Crippen LogP contribution in [0.3, 0.4) is 0 Å². The highest BCUT2D eigenvalue weighted by atomic mass is 35.5. The molecule has 7 heteroatoms. The van der Waals surface area contributed by atoms with Crippen LogP contribution in [-0.4, -0.2) is 33.4 Å². The van der Waals surface area contributed by atoms with Gasteiger partial charge in [-0.3, -0.25) is 29.0 Å². The van der Waals surface area contributed by atoms with Gasteiger partial charge < -0.3 is 0 Å². The fourth-order valence-corrected chi connectivity index (χ4v) is 2.68. The van der Waals surface area contributed by atoms with Crippen LogP contribution in [0.4, 0.5) is 0 Å². The Labute approximate surface area is 136 Å². The van der Waals surface area contributed by atoms with E-state index in [1.807, 2.05) is 0 Å². The Hall–Kier alpha value is -2.73. The number of nitrogens with zero attached hydrogens (tertiary/aromatic N) is 2. The maximum Gasteiger partial charge on any atom is 0.253 e. The molecule has 0 N–H and O–H groups in total. The molecule has 6 nitrogen and oxygen atoms in total. The summed E-state index contributed by atoms with van der Waals surface area (Å²) < 4.78 is 0. The van der Waals surface area contributed by atoms with Gasteiger partial charge in [-0.25, -0.2) is 0 Å². The highest BCUT2D eigenvalue weighted by Gasteiger charge is 2.28. The van der Waals surface area contributed by atoms with Gasteiger partial charge in [-0.05, 0) is 17.2 Å². The van der Waals surface area contributed by atoms with Gasteiger partial charge in [-0.1, -0.05) is 23.7 Å². The molecular weight excluding hydrogens is 320 g/mol. The molecule has 0 spiro atoms. The van der Waals surface area contributed by atoms with E-state index < -0.39 is 23.6 Å². The zero-order valence-corrected chi connectivity index (χ0v) is 12.6. The fourth-order valence-electron chi connectivity index (χ4n) is 2.43. The number of amides is 4. The standard InChI is InChI=1S/C16H11ClN2O4/c17-12-3-1-2-10(8-18-13(20)4-5-14(18)21)11(12)9-19-15(22)6-7-16(19)23/h1-7H,8-9H2. The quantitative estimate of drug-likeness (QED) is 0.777. The van der Waals surface area contributed by atoms with Gasteiger partial charge in [0.25, 0.3) is 23.6 Å². The van der Waals surface area contributed by atoms with Crippen LogP contribution in [0.5, 0.6) is 0 Å². The van der Waals surface area contributed by atoms with Crippen molar-refractivity contribution in [3.8, 4) is 0 Å². The molecule has 116 valence electrons. The molecule has 1 aromatic rings. The first kappa shape index (κ1) is 15.2. The molecule has 0 unspecified atom stereocenters. The summed E-state index contributed by atoms with van der Waals surface area (Å²) in [4.78, 5) is 48.9. The van der Waals surface area contributed by atoms with E-state index in [0.29, 0.717) is 16.1 Å². The summed E-state index contributed by atoms with van der Waals surface area (Å²) >= 11 is 6.19. The number of halogens is 1. The molecule has 2 aliphatic rings. The Balaban J connectivity index is 1.88. The molecule has 0 saturated heterocycles. The molecule has 0 atom stereocenters. The van der Waals surface area contributed by atoms with E-state index >= 15 is 0 Å². The third kappa shape index (κ3) is 2.80. The van der Waals surface area contributed by atoms with Crippen molar-refractivity contribution in [2.75, 3.05) is 0 Å². The van der Waals surface area contributed by atoms with Crippen molar-refractivity contribution in [3.63, 3.8) is 0 Å². The monoisotopic (exact) mass is 330 g/mol. The summed E-state index contributed by atoms with van der Waals surface area (Å²) in [6.07, 6.45) is 4.78. The second-order valence-corrected chi connectivity index (χ2v) is 5.48. The van der Waals surface area contributed by atoms with Gasteiger partial charge in [0, 0.05) is 29.3 Å². The predicted octanol–water partition coefficient (Wildman–Crippen LogP) is 1.19. The van der Waals surface area contributed by atoms with Crippen LogP contribution in [0, 0.1) is 0 Å². The van der Waals surface area contributed by atoms with E-state index in [0.717, 1.165) is 9.80 Å². The summed E-state index contributed by atoms with van der Waals surface area (Å²) in [6, 6.07) is 5.02. The number of imide groups is 2. The lowest BCUT2D eigenvalue weighted by Crippen LogP contribution is -2.32. The minimum Gasteiger partial charge on any atom is -0.271 e. The molecule has 0 bridgehead atoms. The van der Waals surface area contributed by atoms with Crippen LogP contribution < -0.4 is 0 Å². The second-order valence-electron chi connectivity index (χ2n) is 5.07. The van der Waals surface area contributed by atoms with Crippen molar-refractivity contribution < 1.29 is 19.2 Å². The summed E-state index contributed by atoms with van der Waals surface area (Å²) in [5, 5.41) is 0.363. The molecule has 3 rings (SSSR count). The van der Waals surface area contributed by atoms with Gasteiger partial charge >= 0.3 is 0 Å². The van der Waals surface area contributed by atoms with Crippen molar-refractivity contribution in [1.82, 2.24) is 9.80 Å². The molecule has 4 amide bonds. The highest BCUT2D eigenvalue weighted by molar-refractivity contribution is 6.31. The Morgan fingerprint density at radius 3 is 1.74 bits per heavy atom. The Morgan fingerprint density at radius 2 is 1.22 bits per heavy atom. The van der Waals surface area contributed by atoms with E-state index in [9.17, 15) is 19.2 Å². The normalized spacial score (nSPS) is 17.1. The van der Waals surface area contributed by atoms with Crippen LogP contribution >= 0.6 is 11.6 Å². The van der Waals surface area contributed by atoms with Crippen molar-refractivity contribution in [2.45, 2.75) is 13.1 Å². The molecule has 0 aromatic heterocycles. The maximum atomic E-state index is 11.7. The minimum atomic E-state index is -0.420. The van der Waals surface area contributed by atoms with Crippen molar-refractivity contribution in [3.05, 3.63) is 58.7 Å². The molecule has 0 saturated carbocycles. The lowest BCUT2D eigenvalue weighted by atomic mass is 10.1. The average molecular weight is 331 g/mol. The van der Waals surface area contributed by atoms with Crippen molar-refractivity contribution in [1.29, 1.82) is 0 Å². The summed E-state index contributed by atoms with van der Waals surface area (Å²) in [5.74, 6) is -1.65. The van der Waals surface area contributed by atoms with E-state index in [1.54, 1.807) is 18.2 Å². The van der Waals surface area contributed by atoms with Gasteiger partial charge in [0.2, 0.25) is 0 Å². The number of rotatable bonds is 4. The van der Waals surface area contributed by atoms with Gasteiger partial charge in [-0.15, -0.1) is 0 Å². The van der Waals surface area contributed by atoms with Gasteiger partial charge in [0.15, 0.2) is 0 Å². The van der Waals surface area contributed by atoms with Crippen LogP contribution in [0.25, 0.3) is 0 Å². The van der Waals surface area contributed by atoms with Crippen LogP contribution in [0.2, 0.25) is 5.02 Å². The minimum absolute atomic E-state index is 0.0106. The number of carbonyl (C=O) groups excluding carboxylic acids is 4. The lowest BCUT2D eigenvalue weighted by molar-refractivity contribution is -0.139. The third-order valence-corrected chi connectivity index (χ3v) is 4.02. The first-order chi connectivity index (χ1) is 11.0. The Bertz CT molecular complexity index is 761. The molecule has 2 heterocycles. The number of carbonyl (C=O) groups is 4. The summed E-state index contributed by atoms with van der Waals surface area (Å²) in [6.45, 7) is 0.0214. The zero-order valence-electron chi connectivity index (χ0n) is 11.9. The third-order valence-electron chi connectivity index (χ3n) is 3.66. The average Bonchev–Trinajstić information content (AvgIpc) is 3.00. The number of hydrogen-bond acceptors (Lipinski definition) is 4. The first-order valence-electron chi connectivity index (χ1n) is 6.80. The lowest BCUT2D eigenvalue weighted by Gasteiger charge is -2.20. The van der Waals surface area contributed by atoms with E-state index in [2.05, 4.69) is 0 Å². The van der Waals surface area contributed by atoms with E-state index in [4.69, 9.17) is 11.6 Å². The fraction of sp³-hybridized carbons (Fsp3) is 0.125. The molecule has 2 aliphatic heterocycles. The molecular formula is C16H11ClN2O4. The zero-order chi connectivity index (χ0) is 16.6. The first-order valence-corrected chi connectivity index (χ1v) is 7.18. The highest BCUT2D eigenvalue weighted by Crippen LogP contribution is 2.25. The molecule has 0 fully saturated rings. The molecule has 1 aromatic carbocycles. The number of hydrogen-bond donors (Lipinski definition) is 0.